The van der Waals surface area contributed by atoms with Crippen molar-refractivity contribution in [2.24, 2.45) is 0 Å². The van der Waals surface area contributed by atoms with Crippen LogP contribution < -0.4 is 0 Å². The van der Waals surface area contributed by atoms with Crippen LogP contribution in [0.5, 0.6) is 0 Å². The van der Waals surface area contributed by atoms with Crippen molar-refractivity contribution in [1.82, 2.24) is 0 Å². The lowest BCUT2D eigenvalue weighted by atomic mass is 11.2. The van der Waals surface area contributed by atoms with Gasteiger partial charge in [-0.1, -0.05) is 25.3 Å². The van der Waals surface area contributed by atoms with E-state index in [0.29, 0.717) is 0 Å². The van der Waals surface area contributed by atoms with Gasteiger partial charge in [0.05, 0.1) is 8.07 Å². The van der Waals surface area contributed by atoms with E-state index < -0.39 is 16.4 Å². The molecule has 0 aliphatic rings. The molecular formula is C8H20OSi2. The second-order valence-electron chi connectivity index (χ2n) is 4.51. The maximum atomic E-state index is 5.41. The zero-order valence-electron chi connectivity index (χ0n) is 8.56. The fourth-order valence-corrected chi connectivity index (χ4v) is 4.26. The highest BCUT2D eigenvalue weighted by Crippen LogP contribution is 2.08. The van der Waals surface area contributed by atoms with Crippen LogP contribution in [0.2, 0.25) is 32.7 Å². The minimum absolute atomic E-state index is 1.01. The molecule has 0 unspecified atom stereocenters. The van der Waals surface area contributed by atoms with Crippen molar-refractivity contribution in [3.05, 3.63) is 11.4 Å². The maximum Gasteiger partial charge on any atom is 0.209 e. The summed E-state index contributed by atoms with van der Waals surface area (Å²) in [5, 5.41) is 0. The van der Waals surface area contributed by atoms with Gasteiger partial charge in [0, 0.05) is 7.11 Å². The molecule has 0 aromatic heterocycles. The minimum atomic E-state index is -1.43. The van der Waals surface area contributed by atoms with Crippen molar-refractivity contribution in [3.8, 4) is 0 Å². The van der Waals surface area contributed by atoms with Crippen LogP contribution in [-0.4, -0.2) is 23.5 Å². The number of hydrogen-bond donors (Lipinski definition) is 0. The van der Waals surface area contributed by atoms with Gasteiger partial charge in [-0.2, -0.15) is 0 Å². The predicted octanol–water partition coefficient (Wildman–Crippen LogP) is 2.81. The van der Waals surface area contributed by atoms with E-state index in [9.17, 15) is 0 Å². The summed E-state index contributed by atoms with van der Waals surface area (Å²) in [4.78, 5) is 0. The zero-order chi connectivity index (χ0) is 9.12. The molecule has 0 saturated heterocycles. The average Bonchev–Trinajstić information content (AvgIpc) is 1.83. The second kappa shape index (κ2) is 3.69. The van der Waals surface area contributed by atoms with Crippen LogP contribution in [-0.2, 0) is 4.43 Å². The first-order valence-electron chi connectivity index (χ1n) is 4.02. The third-order valence-electron chi connectivity index (χ3n) is 1.51. The summed E-state index contributed by atoms with van der Waals surface area (Å²) in [6, 6.07) is 0. The summed E-state index contributed by atoms with van der Waals surface area (Å²) in [5.41, 5.74) is 4.68. The van der Waals surface area contributed by atoms with Crippen LogP contribution in [0, 0.1) is 0 Å². The van der Waals surface area contributed by atoms with Gasteiger partial charge >= 0.3 is 0 Å². The van der Waals surface area contributed by atoms with E-state index in [1.807, 2.05) is 0 Å². The van der Waals surface area contributed by atoms with E-state index in [4.69, 9.17) is 4.43 Å². The van der Waals surface area contributed by atoms with E-state index in [0.717, 1.165) is 0 Å². The Morgan fingerprint density at radius 1 is 0.909 bits per heavy atom. The van der Waals surface area contributed by atoms with Crippen molar-refractivity contribution in [1.29, 1.82) is 0 Å². The zero-order valence-corrected chi connectivity index (χ0v) is 10.6. The summed E-state index contributed by atoms with van der Waals surface area (Å²) in [6.07, 6.45) is 0. The molecule has 66 valence electrons. The quantitative estimate of drug-likeness (QED) is 0.619. The van der Waals surface area contributed by atoms with E-state index in [-0.39, 0.29) is 0 Å². The SMILES string of the molecule is CO[Si](C)(C)C=C[Si](C)(C)C. The van der Waals surface area contributed by atoms with Crippen LogP contribution in [0.15, 0.2) is 11.4 Å². The molecule has 0 aromatic carbocycles. The molecule has 3 heteroatoms. The molecule has 0 aromatic rings. The molecule has 0 N–H and O–H groups in total. The van der Waals surface area contributed by atoms with Gasteiger partial charge in [-0.05, 0) is 13.1 Å². The van der Waals surface area contributed by atoms with E-state index >= 15 is 0 Å². The fraction of sp³-hybridized carbons (Fsp3) is 0.750. The minimum Gasteiger partial charge on any atom is -0.417 e. The summed E-state index contributed by atoms with van der Waals surface area (Å²) in [6.45, 7) is 11.4. The molecule has 0 heterocycles. The summed E-state index contributed by atoms with van der Waals surface area (Å²) in [7, 11) is -0.636. The largest absolute Gasteiger partial charge is 0.417 e. The molecule has 0 amide bonds. The Bertz CT molecular complexity index is 145. The third kappa shape index (κ3) is 6.53. The van der Waals surface area contributed by atoms with Crippen molar-refractivity contribution in [3.63, 3.8) is 0 Å². The summed E-state index contributed by atoms with van der Waals surface area (Å²) < 4.78 is 5.41. The maximum absolute atomic E-state index is 5.41. The standard InChI is InChI=1S/C8H20OSi2/c1-9-11(5,6)8-7-10(2,3)4/h7-8H,1-6H3. The van der Waals surface area contributed by atoms with Crippen molar-refractivity contribution >= 4 is 16.4 Å². The van der Waals surface area contributed by atoms with E-state index in [1.54, 1.807) is 7.11 Å². The Morgan fingerprint density at radius 3 is 1.64 bits per heavy atom. The molecule has 0 aliphatic carbocycles. The Kier molecular flexibility index (Phi) is 3.74. The average molecular weight is 188 g/mol. The van der Waals surface area contributed by atoms with Crippen LogP contribution in [0.3, 0.4) is 0 Å². The van der Waals surface area contributed by atoms with Crippen molar-refractivity contribution < 1.29 is 4.43 Å². The molecule has 0 spiro atoms. The highest BCUT2D eigenvalue weighted by atomic mass is 28.4. The molecule has 0 atom stereocenters. The predicted molar refractivity (Wildman–Crippen MR) is 57.0 cm³/mol. The topological polar surface area (TPSA) is 9.23 Å². The fourth-order valence-electron chi connectivity index (χ4n) is 0.519. The van der Waals surface area contributed by atoms with Gasteiger partial charge < -0.3 is 4.43 Å². The van der Waals surface area contributed by atoms with Gasteiger partial charge in [-0.3, -0.25) is 0 Å². The Balaban J connectivity index is 4.13. The van der Waals surface area contributed by atoms with Crippen LogP contribution in [0.1, 0.15) is 0 Å². The smallest absolute Gasteiger partial charge is 0.209 e. The summed E-state index contributed by atoms with van der Waals surface area (Å²) in [5.74, 6) is 0. The van der Waals surface area contributed by atoms with Gasteiger partial charge in [0.1, 0.15) is 0 Å². The number of rotatable bonds is 3. The Labute approximate surface area is 72.6 Å². The van der Waals surface area contributed by atoms with Crippen molar-refractivity contribution in [2.45, 2.75) is 32.7 Å². The molecule has 0 aliphatic heterocycles. The highest BCUT2D eigenvalue weighted by Gasteiger charge is 2.17. The first-order valence-corrected chi connectivity index (χ1v) is 10.6. The van der Waals surface area contributed by atoms with Gasteiger partial charge in [0.15, 0.2) is 0 Å². The molecule has 0 bridgehead atoms. The second-order valence-corrected chi connectivity index (χ2v) is 13.5. The Hall–Kier alpha value is 0.134. The lowest BCUT2D eigenvalue weighted by Crippen LogP contribution is -2.28. The van der Waals surface area contributed by atoms with Crippen LogP contribution >= 0.6 is 0 Å². The molecule has 11 heavy (non-hydrogen) atoms. The van der Waals surface area contributed by atoms with E-state index in [2.05, 4.69) is 44.1 Å². The van der Waals surface area contributed by atoms with E-state index in [1.165, 1.54) is 0 Å². The Morgan fingerprint density at radius 2 is 1.36 bits per heavy atom. The van der Waals surface area contributed by atoms with Gasteiger partial charge in [-0.25, -0.2) is 0 Å². The number of hydrogen-bond acceptors (Lipinski definition) is 1. The molecule has 0 rings (SSSR count). The van der Waals surface area contributed by atoms with Gasteiger partial charge in [-0.15, -0.1) is 5.70 Å². The van der Waals surface area contributed by atoms with Gasteiger partial charge in [0.25, 0.3) is 0 Å². The first-order chi connectivity index (χ1) is 4.77. The molecular weight excluding hydrogens is 168 g/mol. The molecule has 0 fully saturated rings. The highest BCUT2D eigenvalue weighted by molar-refractivity contribution is 6.84. The lowest BCUT2D eigenvalue weighted by Gasteiger charge is -2.17. The lowest BCUT2D eigenvalue weighted by molar-refractivity contribution is 0.415. The monoisotopic (exact) mass is 188 g/mol. The van der Waals surface area contributed by atoms with Crippen LogP contribution in [0.4, 0.5) is 0 Å². The molecule has 0 saturated carbocycles. The molecule has 0 radical (unpaired) electrons. The van der Waals surface area contributed by atoms with Gasteiger partial charge in [0.2, 0.25) is 8.32 Å². The first kappa shape index (κ1) is 11.1. The normalized spacial score (nSPS) is 14.4. The van der Waals surface area contributed by atoms with Crippen LogP contribution in [0.25, 0.3) is 0 Å². The van der Waals surface area contributed by atoms with Crippen molar-refractivity contribution in [2.75, 3.05) is 7.11 Å². The summed E-state index contributed by atoms with van der Waals surface area (Å²) >= 11 is 0. The third-order valence-corrected chi connectivity index (χ3v) is 5.03. The molecule has 1 nitrogen and oxygen atoms in total.